The number of carbonyl (C=O) groups is 1. The van der Waals surface area contributed by atoms with Crippen LogP contribution < -0.4 is 10.6 Å². The maximum atomic E-state index is 12.5. The average molecular weight is 399 g/mol. The molecule has 30 heavy (non-hydrogen) atoms. The molecule has 8 heteroatoms. The number of nitrogens with one attached hydrogen (secondary N) is 2. The number of aryl methyl sites for hydroxylation is 1. The zero-order chi connectivity index (χ0) is 20.9. The minimum Gasteiger partial charge on any atom is -0.374 e. The van der Waals surface area contributed by atoms with Gasteiger partial charge in [0, 0.05) is 36.9 Å². The summed E-state index contributed by atoms with van der Waals surface area (Å²) < 4.78 is 1.82. The van der Waals surface area contributed by atoms with Crippen LogP contribution in [0.2, 0.25) is 0 Å². The van der Waals surface area contributed by atoms with E-state index < -0.39 is 6.04 Å². The Hall–Kier alpha value is -4.07. The molecule has 3 aromatic heterocycles. The highest BCUT2D eigenvalue weighted by Crippen LogP contribution is 2.21. The summed E-state index contributed by atoms with van der Waals surface area (Å²) in [6.45, 7) is 1.79. The standard InChI is InChI=1S/C22H21N7O/c1-15(25-18-7-5-16(6-8-18)20-11-13-24-29(20)2)22(30)26-21-10-9-19(27-28-21)17-4-3-12-23-14-17/h3-15,25H,1-2H3,(H,26,28,30). The van der Waals surface area contributed by atoms with E-state index in [1.54, 1.807) is 37.6 Å². The van der Waals surface area contributed by atoms with E-state index in [0.29, 0.717) is 11.5 Å². The summed E-state index contributed by atoms with van der Waals surface area (Å²) >= 11 is 0. The molecule has 0 radical (unpaired) electrons. The Labute approximate surface area is 174 Å². The number of nitrogens with zero attached hydrogens (tertiary/aromatic N) is 5. The second-order valence-corrected chi connectivity index (χ2v) is 6.82. The van der Waals surface area contributed by atoms with Crippen LogP contribution in [0.3, 0.4) is 0 Å². The lowest BCUT2D eigenvalue weighted by Gasteiger charge is -2.15. The van der Waals surface area contributed by atoms with Crippen LogP contribution in [0.15, 0.2) is 73.2 Å². The van der Waals surface area contributed by atoms with Crippen LogP contribution in [0, 0.1) is 0 Å². The molecule has 0 aliphatic rings. The van der Waals surface area contributed by atoms with Crippen LogP contribution in [0.25, 0.3) is 22.5 Å². The number of amides is 1. The minimum absolute atomic E-state index is 0.200. The zero-order valence-corrected chi connectivity index (χ0v) is 16.6. The highest BCUT2D eigenvalue weighted by Gasteiger charge is 2.14. The second-order valence-electron chi connectivity index (χ2n) is 6.82. The van der Waals surface area contributed by atoms with E-state index in [-0.39, 0.29) is 5.91 Å². The Morgan fingerprint density at radius 1 is 0.967 bits per heavy atom. The van der Waals surface area contributed by atoms with Crippen molar-refractivity contribution in [2.24, 2.45) is 7.05 Å². The molecule has 1 aromatic carbocycles. The van der Waals surface area contributed by atoms with Crippen molar-refractivity contribution in [1.29, 1.82) is 0 Å². The van der Waals surface area contributed by atoms with Crippen LogP contribution in [-0.4, -0.2) is 36.9 Å². The number of aromatic nitrogens is 5. The second kappa shape index (κ2) is 8.52. The van der Waals surface area contributed by atoms with Gasteiger partial charge in [0.1, 0.15) is 6.04 Å². The molecule has 8 nitrogen and oxygen atoms in total. The Morgan fingerprint density at radius 2 is 1.80 bits per heavy atom. The number of anilines is 2. The van der Waals surface area contributed by atoms with E-state index in [4.69, 9.17) is 0 Å². The molecular weight excluding hydrogens is 378 g/mol. The van der Waals surface area contributed by atoms with Gasteiger partial charge in [-0.25, -0.2) is 0 Å². The van der Waals surface area contributed by atoms with Crippen LogP contribution in [0.5, 0.6) is 0 Å². The first-order valence-corrected chi connectivity index (χ1v) is 9.50. The summed E-state index contributed by atoms with van der Waals surface area (Å²) in [5.74, 6) is 0.196. The van der Waals surface area contributed by atoms with Gasteiger partial charge < -0.3 is 10.6 Å². The van der Waals surface area contributed by atoms with Crippen molar-refractivity contribution in [2.45, 2.75) is 13.0 Å². The molecule has 0 bridgehead atoms. The third-order valence-electron chi connectivity index (χ3n) is 4.65. The van der Waals surface area contributed by atoms with Gasteiger partial charge >= 0.3 is 0 Å². The minimum atomic E-state index is -0.452. The normalized spacial score (nSPS) is 11.7. The molecule has 0 saturated carbocycles. The molecule has 1 unspecified atom stereocenters. The molecule has 150 valence electrons. The number of hydrogen-bond donors (Lipinski definition) is 2. The molecule has 0 aliphatic heterocycles. The number of rotatable bonds is 6. The molecule has 1 atom stereocenters. The summed E-state index contributed by atoms with van der Waals surface area (Å²) in [7, 11) is 1.90. The Morgan fingerprint density at radius 3 is 2.43 bits per heavy atom. The van der Waals surface area contributed by atoms with Crippen molar-refractivity contribution in [3.63, 3.8) is 0 Å². The van der Waals surface area contributed by atoms with Gasteiger partial charge in [-0.15, -0.1) is 10.2 Å². The Kier molecular flexibility index (Phi) is 5.47. The Bertz CT molecular complexity index is 1120. The summed E-state index contributed by atoms with van der Waals surface area (Å²) in [5.41, 5.74) is 4.50. The average Bonchev–Trinajstić information content (AvgIpc) is 3.21. The highest BCUT2D eigenvalue weighted by molar-refractivity contribution is 5.95. The van der Waals surface area contributed by atoms with E-state index in [2.05, 4.69) is 30.9 Å². The molecule has 4 aromatic rings. The number of benzene rings is 1. The first-order valence-electron chi connectivity index (χ1n) is 9.50. The molecule has 0 aliphatic carbocycles. The van der Waals surface area contributed by atoms with Crippen molar-refractivity contribution < 1.29 is 4.79 Å². The molecule has 4 rings (SSSR count). The summed E-state index contributed by atoms with van der Waals surface area (Å²) in [6, 6.07) is 16.6. The molecule has 0 fully saturated rings. The zero-order valence-electron chi connectivity index (χ0n) is 16.6. The van der Waals surface area contributed by atoms with Crippen molar-refractivity contribution >= 4 is 17.4 Å². The van der Waals surface area contributed by atoms with Crippen molar-refractivity contribution in [1.82, 2.24) is 25.0 Å². The Balaban J connectivity index is 1.36. The number of pyridine rings is 1. The van der Waals surface area contributed by atoms with Gasteiger partial charge in [0.2, 0.25) is 5.91 Å². The fraction of sp³-hybridized carbons (Fsp3) is 0.136. The number of hydrogen-bond acceptors (Lipinski definition) is 6. The molecule has 3 heterocycles. The lowest BCUT2D eigenvalue weighted by molar-refractivity contribution is -0.116. The maximum absolute atomic E-state index is 12.5. The summed E-state index contributed by atoms with van der Waals surface area (Å²) in [4.78, 5) is 16.6. The third kappa shape index (κ3) is 4.33. The van der Waals surface area contributed by atoms with Crippen molar-refractivity contribution in [3.05, 3.63) is 73.2 Å². The topological polar surface area (TPSA) is 97.6 Å². The smallest absolute Gasteiger partial charge is 0.247 e. The first kappa shape index (κ1) is 19.3. The molecule has 1 amide bonds. The monoisotopic (exact) mass is 399 g/mol. The van der Waals surface area contributed by atoms with Crippen LogP contribution in [-0.2, 0) is 11.8 Å². The quantitative estimate of drug-likeness (QED) is 0.516. The van der Waals surface area contributed by atoms with E-state index in [1.807, 2.05) is 54.2 Å². The molecule has 0 spiro atoms. The first-order chi connectivity index (χ1) is 14.6. The van der Waals surface area contributed by atoms with E-state index >= 15 is 0 Å². The molecule has 2 N–H and O–H groups in total. The highest BCUT2D eigenvalue weighted by atomic mass is 16.2. The van der Waals surface area contributed by atoms with Crippen molar-refractivity contribution in [3.8, 4) is 22.5 Å². The van der Waals surface area contributed by atoms with Gasteiger partial charge in [-0.2, -0.15) is 5.10 Å². The van der Waals surface area contributed by atoms with Crippen LogP contribution in [0.4, 0.5) is 11.5 Å². The summed E-state index contributed by atoms with van der Waals surface area (Å²) in [5, 5.41) is 18.4. The van der Waals surface area contributed by atoms with Crippen molar-refractivity contribution in [2.75, 3.05) is 10.6 Å². The molecule has 0 saturated heterocycles. The molecular formula is C22H21N7O. The van der Waals surface area contributed by atoms with Gasteiger partial charge in [0.05, 0.1) is 11.4 Å². The van der Waals surface area contributed by atoms with E-state index in [9.17, 15) is 4.79 Å². The third-order valence-corrected chi connectivity index (χ3v) is 4.65. The van der Waals surface area contributed by atoms with Gasteiger partial charge in [0.25, 0.3) is 0 Å². The SMILES string of the molecule is CC(Nc1ccc(-c2ccnn2C)cc1)C(=O)Nc1ccc(-c2cccnc2)nn1. The fourth-order valence-electron chi connectivity index (χ4n) is 3.01. The van der Waals surface area contributed by atoms with Gasteiger partial charge in [-0.05, 0) is 55.0 Å². The van der Waals surface area contributed by atoms with Gasteiger partial charge in [-0.3, -0.25) is 14.5 Å². The van der Waals surface area contributed by atoms with Gasteiger partial charge in [0.15, 0.2) is 5.82 Å². The van der Waals surface area contributed by atoms with Crippen LogP contribution >= 0.6 is 0 Å². The number of carbonyl (C=O) groups excluding carboxylic acids is 1. The predicted octanol–water partition coefficient (Wildman–Crippen LogP) is 3.38. The van der Waals surface area contributed by atoms with E-state index in [1.165, 1.54) is 0 Å². The predicted molar refractivity (Wildman–Crippen MR) is 116 cm³/mol. The fourth-order valence-corrected chi connectivity index (χ4v) is 3.01. The van der Waals surface area contributed by atoms with Crippen LogP contribution in [0.1, 0.15) is 6.92 Å². The lowest BCUT2D eigenvalue weighted by atomic mass is 10.1. The maximum Gasteiger partial charge on any atom is 0.247 e. The van der Waals surface area contributed by atoms with E-state index in [0.717, 1.165) is 22.5 Å². The van der Waals surface area contributed by atoms with Gasteiger partial charge in [-0.1, -0.05) is 12.1 Å². The summed E-state index contributed by atoms with van der Waals surface area (Å²) in [6.07, 6.45) is 5.18. The largest absolute Gasteiger partial charge is 0.374 e. The lowest BCUT2D eigenvalue weighted by Crippen LogP contribution is -2.32.